The third kappa shape index (κ3) is 4.71. The van der Waals surface area contributed by atoms with Gasteiger partial charge in [0, 0.05) is 12.1 Å². The molecular formula is C28H31NO6. The molecular weight excluding hydrogens is 446 g/mol. The van der Waals surface area contributed by atoms with Crippen LogP contribution in [-0.2, 0) is 6.42 Å². The van der Waals surface area contributed by atoms with E-state index in [1.165, 1.54) is 0 Å². The molecule has 0 bridgehead atoms. The maximum absolute atomic E-state index is 13.8. The van der Waals surface area contributed by atoms with Crippen LogP contribution in [-0.4, -0.2) is 52.4 Å². The van der Waals surface area contributed by atoms with Crippen molar-refractivity contribution in [1.82, 2.24) is 4.90 Å². The van der Waals surface area contributed by atoms with Crippen molar-refractivity contribution >= 4 is 5.91 Å². The van der Waals surface area contributed by atoms with E-state index >= 15 is 0 Å². The lowest BCUT2D eigenvalue weighted by Gasteiger charge is -2.38. The first-order valence-corrected chi connectivity index (χ1v) is 11.5. The van der Waals surface area contributed by atoms with Gasteiger partial charge in [-0.05, 0) is 78.6 Å². The molecule has 0 N–H and O–H groups in total. The van der Waals surface area contributed by atoms with Gasteiger partial charge in [0.15, 0.2) is 23.0 Å². The Morgan fingerprint density at radius 1 is 0.829 bits per heavy atom. The number of hydrogen-bond donors (Lipinski definition) is 0. The Morgan fingerprint density at radius 2 is 1.46 bits per heavy atom. The number of methoxy groups -OCH3 is 4. The van der Waals surface area contributed by atoms with Gasteiger partial charge in [-0.15, -0.1) is 0 Å². The number of carbonyl (C=O) groups excluding carboxylic acids is 1. The zero-order valence-corrected chi connectivity index (χ0v) is 20.8. The average molecular weight is 478 g/mol. The zero-order chi connectivity index (χ0) is 24.9. The number of rotatable bonds is 8. The van der Waals surface area contributed by atoms with Crippen molar-refractivity contribution in [3.8, 4) is 28.7 Å². The van der Waals surface area contributed by atoms with E-state index in [2.05, 4.69) is 0 Å². The number of ether oxygens (including phenoxy) is 5. The molecule has 1 aliphatic heterocycles. The Bertz CT molecular complexity index is 1190. The minimum absolute atomic E-state index is 0.0618. The maximum atomic E-state index is 13.8. The molecule has 0 saturated carbocycles. The number of benzene rings is 3. The van der Waals surface area contributed by atoms with Crippen LogP contribution in [0.4, 0.5) is 0 Å². The molecule has 3 aromatic carbocycles. The molecule has 1 atom stereocenters. The minimum atomic E-state index is -0.350. The highest BCUT2D eigenvalue weighted by molar-refractivity contribution is 5.95. The quantitative estimate of drug-likeness (QED) is 0.459. The fourth-order valence-corrected chi connectivity index (χ4v) is 4.57. The summed E-state index contributed by atoms with van der Waals surface area (Å²) >= 11 is 0. The molecule has 0 fully saturated rings. The summed E-state index contributed by atoms with van der Waals surface area (Å²) in [6, 6.07) is 16.6. The van der Waals surface area contributed by atoms with Crippen molar-refractivity contribution in [2.45, 2.75) is 19.4 Å². The van der Waals surface area contributed by atoms with E-state index in [0.717, 1.165) is 22.4 Å². The van der Waals surface area contributed by atoms with Crippen molar-refractivity contribution in [2.75, 3.05) is 41.6 Å². The molecule has 7 nitrogen and oxygen atoms in total. The van der Waals surface area contributed by atoms with Crippen LogP contribution >= 0.6 is 0 Å². The van der Waals surface area contributed by atoms with E-state index < -0.39 is 0 Å². The summed E-state index contributed by atoms with van der Waals surface area (Å²) in [5, 5.41) is 0. The van der Waals surface area contributed by atoms with Crippen LogP contribution in [0.2, 0.25) is 0 Å². The molecule has 0 aromatic heterocycles. The molecule has 1 unspecified atom stereocenters. The van der Waals surface area contributed by atoms with Crippen molar-refractivity contribution in [2.24, 2.45) is 0 Å². The van der Waals surface area contributed by atoms with Gasteiger partial charge in [0.1, 0.15) is 5.75 Å². The topological polar surface area (TPSA) is 66.5 Å². The molecule has 1 amide bonds. The molecule has 0 saturated heterocycles. The van der Waals surface area contributed by atoms with Gasteiger partial charge < -0.3 is 28.6 Å². The first kappa shape index (κ1) is 24.3. The molecule has 0 spiro atoms. The summed E-state index contributed by atoms with van der Waals surface area (Å²) in [7, 11) is 6.45. The van der Waals surface area contributed by atoms with Crippen molar-refractivity contribution in [1.29, 1.82) is 0 Å². The van der Waals surface area contributed by atoms with Crippen molar-refractivity contribution in [3.05, 3.63) is 76.9 Å². The molecule has 0 aliphatic carbocycles. The lowest BCUT2D eigenvalue weighted by Crippen LogP contribution is -2.40. The van der Waals surface area contributed by atoms with Crippen LogP contribution in [0, 0.1) is 0 Å². The highest BCUT2D eigenvalue weighted by Crippen LogP contribution is 2.43. The van der Waals surface area contributed by atoms with E-state index in [1.807, 2.05) is 66.4 Å². The lowest BCUT2D eigenvalue weighted by molar-refractivity contribution is 0.0694. The lowest BCUT2D eigenvalue weighted by atomic mass is 9.87. The predicted molar refractivity (Wildman–Crippen MR) is 133 cm³/mol. The van der Waals surface area contributed by atoms with Crippen LogP contribution < -0.4 is 23.7 Å². The molecule has 184 valence electrons. The fourth-order valence-electron chi connectivity index (χ4n) is 4.57. The minimum Gasteiger partial charge on any atom is -0.494 e. The van der Waals surface area contributed by atoms with E-state index in [9.17, 15) is 4.79 Å². The van der Waals surface area contributed by atoms with Crippen molar-refractivity contribution in [3.63, 3.8) is 0 Å². The number of nitrogens with zero attached hydrogens (tertiary/aromatic N) is 1. The second-order valence-corrected chi connectivity index (χ2v) is 8.13. The Hall–Kier alpha value is -3.87. The second-order valence-electron chi connectivity index (χ2n) is 8.13. The van der Waals surface area contributed by atoms with Gasteiger partial charge in [-0.1, -0.05) is 6.07 Å². The highest BCUT2D eigenvalue weighted by Gasteiger charge is 2.34. The van der Waals surface area contributed by atoms with Gasteiger partial charge in [-0.2, -0.15) is 0 Å². The van der Waals surface area contributed by atoms with Crippen LogP contribution in [0.15, 0.2) is 54.6 Å². The van der Waals surface area contributed by atoms with Gasteiger partial charge >= 0.3 is 0 Å². The first-order valence-electron chi connectivity index (χ1n) is 11.5. The SMILES string of the molecule is CCOc1ccc(C(=O)N2CCc3cc(OC)c(OC)cc3C2c2ccc(OC)c(OC)c2)cc1. The van der Waals surface area contributed by atoms with E-state index in [4.69, 9.17) is 23.7 Å². The summed E-state index contributed by atoms with van der Waals surface area (Å²) in [6.07, 6.45) is 0.697. The van der Waals surface area contributed by atoms with Crippen molar-refractivity contribution < 1.29 is 28.5 Å². The molecule has 3 aromatic rings. The molecule has 1 heterocycles. The predicted octanol–water partition coefficient (Wildman–Crippen LogP) is 4.91. The third-order valence-corrected chi connectivity index (χ3v) is 6.27. The summed E-state index contributed by atoms with van der Waals surface area (Å²) in [5.74, 6) is 3.19. The van der Waals surface area contributed by atoms with Gasteiger partial charge in [0.05, 0.1) is 41.1 Å². The molecule has 4 rings (SSSR count). The summed E-state index contributed by atoms with van der Waals surface area (Å²) in [6.45, 7) is 3.05. The number of fused-ring (bicyclic) bond motifs is 1. The number of amides is 1. The molecule has 35 heavy (non-hydrogen) atoms. The van der Waals surface area contributed by atoms with Gasteiger partial charge in [0.2, 0.25) is 0 Å². The second kappa shape index (κ2) is 10.6. The van der Waals surface area contributed by atoms with Gasteiger partial charge in [-0.25, -0.2) is 0 Å². The van der Waals surface area contributed by atoms with Crippen LogP contribution in [0.1, 0.15) is 40.0 Å². The number of hydrogen-bond acceptors (Lipinski definition) is 6. The van der Waals surface area contributed by atoms with E-state index in [-0.39, 0.29) is 11.9 Å². The molecule has 0 radical (unpaired) electrons. The standard InChI is InChI=1S/C28H31NO6/c1-6-35-21-10-7-18(8-11-21)28(30)29-14-13-19-15-25(33-4)26(34-5)17-22(19)27(29)20-9-12-23(31-2)24(16-20)32-3/h7-12,15-17,27H,6,13-14H2,1-5H3. The first-order chi connectivity index (χ1) is 17.0. The summed E-state index contributed by atoms with van der Waals surface area (Å²) < 4.78 is 27.7. The van der Waals surface area contributed by atoms with Crippen LogP contribution in [0.3, 0.4) is 0 Å². The average Bonchev–Trinajstić information content (AvgIpc) is 2.91. The fraction of sp³-hybridized carbons (Fsp3) is 0.321. The van der Waals surface area contributed by atoms with Gasteiger partial charge in [0.25, 0.3) is 5.91 Å². The Kier molecular flexibility index (Phi) is 7.34. The number of carbonyl (C=O) groups is 1. The Labute approximate surface area is 206 Å². The Morgan fingerprint density at radius 3 is 2.09 bits per heavy atom. The van der Waals surface area contributed by atoms with E-state index in [0.29, 0.717) is 48.1 Å². The molecule has 1 aliphatic rings. The zero-order valence-electron chi connectivity index (χ0n) is 20.8. The largest absolute Gasteiger partial charge is 0.494 e. The normalized spacial score (nSPS) is 14.7. The highest BCUT2D eigenvalue weighted by atomic mass is 16.5. The van der Waals surface area contributed by atoms with Gasteiger partial charge in [-0.3, -0.25) is 4.79 Å². The Balaban J connectivity index is 1.82. The van der Waals surface area contributed by atoms with E-state index in [1.54, 1.807) is 28.4 Å². The molecule has 7 heteroatoms. The summed E-state index contributed by atoms with van der Waals surface area (Å²) in [5.41, 5.74) is 3.61. The maximum Gasteiger partial charge on any atom is 0.254 e. The third-order valence-electron chi connectivity index (χ3n) is 6.27. The monoisotopic (exact) mass is 477 g/mol. The van der Waals surface area contributed by atoms with Crippen LogP contribution in [0.5, 0.6) is 28.7 Å². The van der Waals surface area contributed by atoms with Crippen LogP contribution in [0.25, 0.3) is 0 Å². The summed E-state index contributed by atoms with van der Waals surface area (Å²) in [4.78, 5) is 15.7. The smallest absolute Gasteiger partial charge is 0.254 e.